The number of nitrogens with one attached hydrogen (secondary N) is 1. The number of methoxy groups -OCH3 is 1. The number of carbonyl (C=O) groups is 1. The summed E-state index contributed by atoms with van der Waals surface area (Å²) in [6, 6.07) is 14.6. The second kappa shape index (κ2) is 9.11. The van der Waals surface area contributed by atoms with Crippen molar-refractivity contribution in [2.75, 3.05) is 30.4 Å². The predicted molar refractivity (Wildman–Crippen MR) is 122 cm³/mol. The van der Waals surface area contributed by atoms with E-state index in [1.807, 2.05) is 12.1 Å². The molecule has 0 saturated carbocycles. The van der Waals surface area contributed by atoms with E-state index >= 15 is 0 Å². The molecule has 168 valence electrons. The van der Waals surface area contributed by atoms with E-state index in [1.54, 1.807) is 60.5 Å². The van der Waals surface area contributed by atoms with Crippen LogP contribution in [0.1, 0.15) is 12.8 Å². The summed E-state index contributed by atoms with van der Waals surface area (Å²) in [5.41, 5.74) is 1.25. The van der Waals surface area contributed by atoms with Gasteiger partial charge in [0.25, 0.3) is 0 Å². The second-order valence-corrected chi connectivity index (χ2v) is 7.71. The number of benzene rings is 1. The number of ether oxygens (including phenoxy) is 2. The Kier molecular flexibility index (Phi) is 5.71. The first-order valence-electron chi connectivity index (χ1n) is 10.7. The Labute approximate surface area is 190 Å². The van der Waals surface area contributed by atoms with Gasteiger partial charge < -0.3 is 19.7 Å². The van der Waals surface area contributed by atoms with Crippen LogP contribution in [0, 0.1) is 5.92 Å². The van der Waals surface area contributed by atoms with Crippen LogP contribution >= 0.6 is 0 Å². The van der Waals surface area contributed by atoms with Gasteiger partial charge in [0.05, 0.1) is 7.11 Å². The highest BCUT2D eigenvalue weighted by atomic mass is 16.5. The Morgan fingerprint density at radius 2 is 1.85 bits per heavy atom. The molecular weight excluding hydrogens is 422 g/mol. The maximum absolute atomic E-state index is 13.0. The molecule has 10 nitrogen and oxygen atoms in total. The van der Waals surface area contributed by atoms with E-state index in [0.717, 1.165) is 37.5 Å². The number of amides is 1. The topological polar surface area (TPSA) is 107 Å². The van der Waals surface area contributed by atoms with Gasteiger partial charge in [-0.25, -0.2) is 4.98 Å². The standard InChI is InChI=1S/C23H23N7O3/c1-32-17-4-6-18(7-5-17)33-23-19(3-2-12-24-23)26-22(31)16-10-13-29(14-11-16)21-9-8-20-27-25-15-30(20)28-21/h2-9,12,15-16H,10-11,13-14H2,1H3,(H,26,31). The van der Waals surface area contributed by atoms with E-state index in [4.69, 9.17) is 9.47 Å². The minimum atomic E-state index is -0.103. The van der Waals surface area contributed by atoms with Gasteiger partial charge in [-0.2, -0.15) is 4.52 Å². The SMILES string of the molecule is COc1ccc(Oc2ncccc2NC(=O)C2CCN(c3ccc4nncn4n3)CC2)cc1. The van der Waals surface area contributed by atoms with E-state index in [-0.39, 0.29) is 11.8 Å². The molecule has 5 rings (SSSR count). The molecule has 1 N–H and O–H groups in total. The number of pyridine rings is 1. The van der Waals surface area contributed by atoms with Crippen molar-refractivity contribution in [1.29, 1.82) is 0 Å². The van der Waals surface area contributed by atoms with Gasteiger partial charge in [0, 0.05) is 25.2 Å². The lowest BCUT2D eigenvalue weighted by molar-refractivity contribution is -0.120. The van der Waals surface area contributed by atoms with Crippen LogP contribution in [0.15, 0.2) is 61.1 Å². The van der Waals surface area contributed by atoms with Gasteiger partial charge in [-0.1, -0.05) is 0 Å². The zero-order chi connectivity index (χ0) is 22.6. The van der Waals surface area contributed by atoms with Crippen LogP contribution in [0.2, 0.25) is 0 Å². The normalized spacial score (nSPS) is 14.3. The summed E-state index contributed by atoms with van der Waals surface area (Å²) in [6.07, 6.45) is 4.66. The van der Waals surface area contributed by atoms with Crippen LogP contribution < -0.4 is 19.7 Å². The van der Waals surface area contributed by atoms with Crippen LogP contribution in [0.4, 0.5) is 11.5 Å². The summed E-state index contributed by atoms with van der Waals surface area (Å²) in [5.74, 6) is 2.40. The number of piperidine rings is 1. The van der Waals surface area contributed by atoms with E-state index < -0.39 is 0 Å². The number of hydrogen-bond donors (Lipinski definition) is 1. The minimum absolute atomic E-state index is 0.0375. The minimum Gasteiger partial charge on any atom is -0.497 e. The van der Waals surface area contributed by atoms with Gasteiger partial charge in [0.15, 0.2) is 5.65 Å². The van der Waals surface area contributed by atoms with Crippen molar-refractivity contribution in [2.24, 2.45) is 5.92 Å². The summed E-state index contributed by atoms with van der Waals surface area (Å²) in [5, 5.41) is 15.4. The van der Waals surface area contributed by atoms with Gasteiger partial charge in [0.2, 0.25) is 11.8 Å². The molecule has 10 heteroatoms. The number of hydrogen-bond acceptors (Lipinski definition) is 8. The number of anilines is 2. The molecular formula is C23H23N7O3. The lowest BCUT2D eigenvalue weighted by Gasteiger charge is -2.32. The molecule has 33 heavy (non-hydrogen) atoms. The number of carbonyl (C=O) groups excluding carboxylic acids is 1. The monoisotopic (exact) mass is 445 g/mol. The zero-order valence-electron chi connectivity index (χ0n) is 18.1. The van der Waals surface area contributed by atoms with E-state index in [0.29, 0.717) is 23.0 Å². The third kappa shape index (κ3) is 4.54. The fourth-order valence-corrected chi connectivity index (χ4v) is 3.82. The maximum Gasteiger partial charge on any atom is 0.243 e. The molecule has 1 saturated heterocycles. The summed E-state index contributed by atoms with van der Waals surface area (Å²) in [6.45, 7) is 1.47. The fraction of sp³-hybridized carbons (Fsp3) is 0.261. The van der Waals surface area contributed by atoms with E-state index in [2.05, 4.69) is 30.5 Å². The Hall–Kier alpha value is -4.21. The first-order chi connectivity index (χ1) is 16.2. The molecule has 1 aliphatic rings. The van der Waals surface area contributed by atoms with Crippen LogP contribution in [0.25, 0.3) is 5.65 Å². The molecule has 4 heterocycles. The van der Waals surface area contributed by atoms with Gasteiger partial charge in [-0.15, -0.1) is 15.3 Å². The summed E-state index contributed by atoms with van der Waals surface area (Å²) in [4.78, 5) is 19.4. The third-order valence-corrected chi connectivity index (χ3v) is 5.64. The molecule has 4 aromatic rings. The second-order valence-electron chi connectivity index (χ2n) is 7.71. The van der Waals surface area contributed by atoms with E-state index in [9.17, 15) is 4.79 Å². The Balaban J connectivity index is 1.21. The molecule has 0 spiro atoms. The highest BCUT2D eigenvalue weighted by Gasteiger charge is 2.26. The highest BCUT2D eigenvalue weighted by Crippen LogP contribution is 2.29. The number of fused-ring (bicyclic) bond motifs is 1. The number of rotatable bonds is 6. The molecule has 0 aliphatic carbocycles. The average molecular weight is 445 g/mol. The molecule has 1 amide bonds. The molecule has 1 fully saturated rings. The van der Waals surface area contributed by atoms with Crippen molar-refractivity contribution in [2.45, 2.75) is 12.8 Å². The van der Waals surface area contributed by atoms with Crippen molar-refractivity contribution in [1.82, 2.24) is 24.8 Å². The summed E-state index contributed by atoms with van der Waals surface area (Å²) < 4.78 is 12.7. The molecule has 0 radical (unpaired) electrons. The van der Waals surface area contributed by atoms with Gasteiger partial charge in [0.1, 0.15) is 29.3 Å². The molecule has 0 atom stereocenters. The van der Waals surface area contributed by atoms with Crippen LogP contribution in [-0.2, 0) is 4.79 Å². The first-order valence-corrected chi connectivity index (χ1v) is 10.7. The zero-order valence-corrected chi connectivity index (χ0v) is 18.1. The van der Waals surface area contributed by atoms with Gasteiger partial charge >= 0.3 is 0 Å². The lowest BCUT2D eigenvalue weighted by atomic mass is 9.96. The number of aromatic nitrogens is 5. The summed E-state index contributed by atoms with van der Waals surface area (Å²) in [7, 11) is 1.61. The molecule has 0 bridgehead atoms. The van der Waals surface area contributed by atoms with Crippen molar-refractivity contribution in [3.8, 4) is 17.4 Å². The van der Waals surface area contributed by atoms with Crippen molar-refractivity contribution >= 4 is 23.1 Å². The lowest BCUT2D eigenvalue weighted by Crippen LogP contribution is -2.38. The Bertz CT molecular complexity index is 1250. The van der Waals surface area contributed by atoms with Crippen LogP contribution in [0.5, 0.6) is 17.4 Å². The van der Waals surface area contributed by atoms with Crippen LogP contribution in [0.3, 0.4) is 0 Å². The highest BCUT2D eigenvalue weighted by molar-refractivity contribution is 5.93. The van der Waals surface area contributed by atoms with Gasteiger partial charge in [-0.3, -0.25) is 4.79 Å². The molecule has 3 aromatic heterocycles. The van der Waals surface area contributed by atoms with E-state index in [1.165, 1.54) is 0 Å². The Morgan fingerprint density at radius 1 is 1.06 bits per heavy atom. The maximum atomic E-state index is 13.0. The smallest absolute Gasteiger partial charge is 0.243 e. The van der Waals surface area contributed by atoms with Crippen molar-refractivity contribution < 1.29 is 14.3 Å². The average Bonchev–Trinajstić information content (AvgIpc) is 3.34. The fourth-order valence-electron chi connectivity index (χ4n) is 3.82. The van der Waals surface area contributed by atoms with Crippen molar-refractivity contribution in [3.63, 3.8) is 0 Å². The summed E-state index contributed by atoms with van der Waals surface area (Å²) >= 11 is 0. The largest absolute Gasteiger partial charge is 0.497 e. The molecule has 0 unspecified atom stereocenters. The first kappa shape index (κ1) is 20.7. The van der Waals surface area contributed by atoms with Crippen LogP contribution in [-0.4, -0.2) is 50.9 Å². The Morgan fingerprint density at radius 3 is 2.64 bits per heavy atom. The van der Waals surface area contributed by atoms with Gasteiger partial charge in [-0.05, 0) is 61.4 Å². The quantitative estimate of drug-likeness (QED) is 0.482. The predicted octanol–water partition coefficient (Wildman–Crippen LogP) is 3.18. The molecule has 1 aliphatic heterocycles. The van der Waals surface area contributed by atoms with Crippen molar-refractivity contribution in [3.05, 3.63) is 61.1 Å². The number of nitrogens with zero attached hydrogens (tertiary/aromatic N) is 6. The molecule has 1 aromatic carbocycles. The third-order valence-electron chi connectivity index (χ3n) is 5.64.